The molecule has 5 aromatic rings. The second-order valence-electron chi connectivity index (χ2n) is 6.92. The highest BCUT2D eigenvalue weighted by Gasteiger charge is 2.11. The van der Waals surface area contributed by atoms with Crippen LogP contribution in [-0.2, 0) is 0 Å². The van der Waals surface area contributed by atoms with E-state index >= 15 is 0 Å². The summed E-state index contributed by atoms with van der Waals surface area (Å²) in [6.07, 6.45) is 0. The van der Waals surface area contributed by atoms with Gasteiger partial charge in [-0.25, -0.2) is 0 Å². The molecule has 0 aliphatic rings. The Morgan fingerprint density at radius 1 is 0.346 bits per heavy atom. The molecule has 0 bridgehead atoms. The fraction of sp³-hybridized carbons (Fsp3) is 0.182. The van der Waals surface area contributed by atoms with E-state index in [1.165, 1.54) is 0 Å². The van der Waals surface area contributed by atoms with Gasteiger partial charge in [-0.2, -0.15) is 0 Å². The molecule has 0 atom stereocenters. The molecule has 0 fully saturated rings. The minimum atomic E-state index is 0.621. The van der Waals surface area contributed by atoms with E-state index in [0.29, 0.717) is 44.7 Å². The van der Waals surface area contributed by atoms with Crippen molar-refractivity contribution in [1.29, 1.82) is 0 Å². The van der Waals surface area contributed by atoms with Crippen molar-refractivity contribution in [3.63, 3.8) is 0 Å². The van der Waals surface area contributed by atoms with Crippen molar-refractivity contribution in [2.45, 2.75) is 27.7 Å². The summed E-state index contributed by atoms with van der Waals surface area (Å²) >= 11 is 0. The van der Waals surface area contributed by atoms with Crippen LogP contribution in [0.25, 0.3) is 44.7 Å². The van der Waals surface area contributed by atoms with Crippen LogP contribution in [0.5, 0.6) is 0 Å². The average molecular weight is 346 g/mol. The van der Waals surface area contributed by atoms with E-state index in [4.69, 9.17) is 17.7 Å². The first kappa shape index (κ1) is 15.1. The topological polar surface area (TPSA) is 52.6 Å². The molecule has 0 aliphatic heterocycles. The maximum Gasteiger partial charge on any atom is 0.174 e. The predicted octanol–water partition coefficient (Wildman–Crippen LogP) is 7.03. The third kappa shape index (κ3) is 2.22. The van der Waals surface area contributed by atoms with Crippen molar-refractivity contribution in [1.82, 2.24) is 0 Å². The van der Waals surface area contributed by atoms with Crippen LogP contribution in [0.4, 0.5) is 0 Å². The van der Waals surface area contributed by atoms with Crippen molar-refractivity contribution >= 4 is 44.7 Å². The number of hydrogen-bond donors (Lipinski definition) is 0. The lowest BCUT2D eigenvalue weighted by Crippen LogP contribution is -1.85. The van der Waals surface area contributed by atoms with E-state index in [0.717, 1.165) is 22.3 Å². The van der Waals surface area contributed by atoms with E-state index in [1.807, 2.05) is 36.4 Å². The predicted molar refractivity (Wildman–Crippen MR) is 102 cm³/mol. The molecule has 0 spiro atoms. The van der Waals surface area contributed by atoms with Crippen molar-refractivity contribution in [3.05, 3.63) is 58.7 Å². The summed E-state index contributed by atoms with van der Waals surface area (Å²) in [5, 5.41) is 0. The number of hydrogen-bond acceptors (Lipinski definition) is 4. The zero-order chi connectivity index (χ0) is 18.0. The molecule has 0 aliphatic carbocycles. The van der Waals surface area contributed by atoms with Gasteiger partial charge in [0.2, 0.25) is 0 Å². The fourth-order valence-corrected chi connectivity index (χ4v) is 3.16. The lowest BCUT2D eigenvalue weighted by atomic mass is 10.1. The first-order valence-electron chi connectivity index (χ1n) is 8.60. The second kappa shape index (κ2) is 5.18. The summed E-state index contributed by atoms with van der Waals surface area (Å²) in [5.41, 5.74) is 9.97. The molecular weight excluding hydrogens is 328 g/mol. The molecule has 4 heteroatoms. The molecule has 0 saturated heterocycles. The van der Waals surface area contributed by atoms with Gasteiger partial charge in [0.25, 0.3) is 0 Å². The highest BCUT2D eigenvalue weighted by atomic mass is 16.4. The highest BCUT2D eigenvalue weighted by Crippen LogP contribution is 2.31. The van der Waals surface area contributed by atoms with Gasteiger partial charge >= 0.3 is 0 Å². The third-order valence-corrected chi connectivity index (χ3v) is 5.01. The standard InChI is InChI=1S/C22H18O4/c1-11-5-15-16(6-12(11)2)24-20-10-22-21(9-19(20)23-15)25-17-7-13(3)14(4)8-18(17)26-22/h5-10H,1-4H3. The monoisotopic (exact) mass is 346 g/mol. The van der Waals surface area contributed by atoms with Gasteiger partial charge in [-0.3, -0.25) is 0 Å². The minimum absolute atomic E-state index is 0.621. The first-order chi connectivity index (χ1) is 12.5. The summed E-state index contributed by atoms with van der Waals surface area (Å²) in [6, 6.07) is 11.6. The summed E-state index contributed by atoms with van der Waals surface area (Å²) in [5.74, 6) is 0. The summed E-state index contributed by atoms with van der Waals surface area (Å²) < 4.78 is 24.2. The summed E-state index contributed by atoms with van der Waals surface area (Å²) in [7, 11) is 0. The van der Waals surface area contributed by atoms with Crippen molar-refractivity contribution in [2.24, 2.45) is 0 Å². The Labute approximate surface area is 149 Å². The van der Waals surface area contributed by atoms with E-state index in [9.17, 15) is 0 Å². The van der Waals surface area contributed by atoms with Crippen molar-refractivity contribution in [3.8, 4) is 0 Å². The van der Waals surface area contributed by atoms with Crippen molar-refractivity contribution in [2.75, 3.05) is 0 Å². The Hall–Kier alpha value is -3.14. The zero-order valence-corrected chi connectivity index (χ0v) is 15.1. The molecule has 3 aromatic carbocycles. The third-order valence-electron chi connectivity index (χ3n) is 5.01. The van der Waals surface area contributed by atoms with Crippen LogP contribution < -0.4 is 0 Å². The molecule has 26 heavy (non-hydrogen) atoms. The number of rotatable bonds is 0. The number of fused-ring (bicyclic) bond motifs is 4. The van der Waals surface area contributed by atoms with Crippen LogP contribution in [0.2, 0.25) is 0 Å². The van der Waals surface area contributed by atoms with Gasteiger partial charge in [0, 0.05) is 12.1 Å². The van der Waals surface area contributed by atoms with Crippen molar-refractivity contribution < 1.29 is 17.7 Å². The minimum Gasteiger partial charge on any atom is -0.449 e. The lowest BCUT2D eigenvalue weighted by molar-refractivity contribution is 0.564. The molecule has 5 rings (SSSR count). The van der Waals surface area contributed by atoms with Gasteiger partial charge < -0.3 is 17.7 Å². The van der Waals surface area contributed by atoms with Crippen LogP contribution in [0.15, 0.2) is 54.1 Å². The number of aryl methyl sites for hydroxylation is 4. The van der Waals surface area contributed by atoms with Crippen LogP contribution in [-0.4, -0.2) is 0 Å². The molecule has 130 valence electrons. The maximum atomic E-state index is 6.05. The van der Waals surface area contributed by atoms with Crippen LogP contribution in [0.3, 0.4) is 0 Å². The van der Waals surface area contributed by atoms with Crippen LogP contribution in [0, 0.1) is 27.7 Å². The Balaban J connectivity index is 1.86. The normalized spacial score (nSPS) is 11.8. The molecule has 2 heterocycles. The van der Waals surface area contributed by atoms with E-state index in [-0.39, 0.29) is 0 Å². The fourth-order valence-electron chi connectivity index (χ4n) is 3.16. The largest absolute Gasteiger partial charge is 0.449 e. The molecule has 0 unspecified atom stereocenters. The van der Waals surface area contributed by atoms with Gasteiger partial charge in [0.15, 0.2) is 44.7 Å². The van der Waals surface area contributed by atoms with E-state index < -0.39 is 0 Å². The molecular formula is C22H18O4. The van der Waals surface area contributed by atoms with E-state index in [1.54, 1.807) is 0 Å². The average Bonchev–Trinajstić information content (AvgIpc) is 2.59. The van der Waals surface area contributed by atoms with Gasteiger partial charge in [-0.1, -0.05) is 0 Å². The Kier molecular flexibility index (Phi) is 3.02. The quantitative estimate of drug-likeness (QED) is 0.282. The Morgan fingerprint density at radius 2 is 0.538 bits per heavy atom. The van der Waals surface area contributed by atoms with Gasteiger partial charge in [-0.15, -0.1) is 0 Å². The SMILES string of the molecule is Cc1cc2oc3cc4oc5cc(C)c(C)cc5oc4cc3oc2cc1C. The van der Waals surface area contributed by atoms with E-state index in [2.05, 4.69) is 27.7 Å². The smallest absolute Gasteiger partial charge is 0.174 e. The molecule has 0 amide bonds. The second-order valence-corrected chi connectivity index (χ2v) is 6.92. The first-order valence-corrected chi connectivity index (χ1v) is 8.60. The summed E-state index contributed by atoms with van der Waals surface area (Å²) in [6.45, 7) is 8.22. The molecule has 4 nitrogen and oxygen atoms in total. The van der Waals surface area contributed by atoms with Gasteiger partial charge in [0.05, 0.1) is 0 Å². The molecule has 2 aromatic heterocycles. The van der Waals surface area contributed by atoms with Crippen LogP contribution in [0.1, 0.15) is 22.3 Å². The number of benzene rings is 3. The molecule has 0 N–H and O–H groups in total. The lowest BCUT2D eigenvalue weighted by Gasteiger charge is -2.07. The van der Waals surface area contributed by atoms with Gasteiger partial charge in [-0.05, 0) is 74.2 Å². The highest BCUT2D eigenvalue weighted by molar-refractivity contribution is 5.91. The summed E-state index contributed by atoms with van der Waals surface area (Å²) in [4.78, 5) is 0. The zero-order valence-electron chi connectivity index (χ0n) is 15.1. The molecule has 0 radical (unpaired) electrons. The molecule has 0 saturated carbocycles. The van der Waals surface area contributed by atoms with Crippen LogP contribution >= 0.6 is 0 Å². The Bertz CT molecular complexity index is 1160. The Morgan fingerprint density at radius 3 is 0.769 bits per heavy atom. The maximum absolute atomic E-state index is 6.05. The van der Waals surface area contributed by atoms with Gasteiger partial charge in [0.1, 0.15) is 0 Å².